The second-order valence-electron chi connectivity index (χ2n) is 0.825. The topological polar surface area (TPSA) is 94.8 Å². The van der Waals surface area contributed by atoms with Gasteiger partial charge in [-0.3, -0.25) is 9.41 Å². The molecule has 0 rings (SSSR count). The van der Waals surface area contributed by atoms with E-state index in [1.165, 1.54) is 0 Å². The normalized spacial score (nSPS) is 6.15. The Bertz CT molecular complexity index is 119. The first-order chi connectivity index (χ1) is 4.37. The zero-order chi connectivity index (χ0) is 8.73. The first-order valence-electron chi connectivity index (χ1n) is 1.64. The standard InChI is InChI=1S/C2H2O4.F2HOP.2FH.Li.H/c3-1(4)2(5)6;1-4(2)3;;;;/h(H,3,4)(H,5,6);3H;2*1H;;. The van der Waals surface area contributed by atoms with Crippen LogP contribution >= 0.6 is 8.77 Å². The van der Waals surface area contributed by atoms with Crippen molar-refractivity contribution in [3.63, 3.8) is 0 Å². The van der Waals surface area contributed by atoms with Gasteiger partial charge in [0.25, 0.3) is 0 Å². The van der Waals surface area contributed by atoms with Crippen molar-refractivity contribution in [2.45, 2.75) is 0 Å². The van der Waals surface area contributed by atoms with Crippen molar-refractivity contribution in [1.82, 2.24) is 0 Å². The Kier molecular flexibility index (Phi) is 39.9. The van der Waals surface area contributed by atoms with E-state index in [4.69, 9.17) is 24.7 Å². The molecule has 0 saturated heterocycles. The zero-order valence-electron chi connectivity index (χ0n) is 5.18. The van der Waals surface area contributed by atoms with Gasteiger partial charge < -0.3 is 15.1 Å². The molecule has 0 unspecified atom stereocenters. The summed E-state index contributed by atoms with van der Waals surface area (Å²) >= 11 is 0. The quantitative estimate of drug-likeness (QED) is 0.232. The van der Waals surface area contributed by atoms with Crippen molar-refractivity contribution in [3.8, 4) is 0 Å². The Morgan fingerprint density at radius 3 is 1.08 bits per heavy atom. The van der Waals surface area contributed by atoms with Crippen LogP contribution in [0.4, 0.5) is 17.8 Å². The molecule has 0 amide bonds. The van der Waals surface area contributed by atoms with Gasteiger partial charge in [0, 0.05) is 0 Å². The molecule has 0 atom stereocenters. The summed E-state index contributed by atoms with van der Waals surface area (Å²) in [5, 5.41) is 14.8. The van der Waals surface area contributed by atoms with Crippen LogP contribution in [0.5, 0.6) is 0 Å². The second-order valence-corrected chi connectivity index (χ2v) is 1.26. The van der Waals surface area contributed by atoms with Crippen LogP contribution in [0.15, 0.2) is 0 Å². The maximum absolute atomic E-state index is 9.95. The molecule has 11 heteroatoms. The minimum absolute atomic E-state index is 0. The molecule has 0 radical (unpaired) electrons. The van der Waals surface area contributed by atoms with Crippen LogP contribution in [-0.4, -0.2) is 45.9 Å². The van der Waals surface area contributed by atoms with Gasteiger partial charge in [0.2, 0.25) is 0 Å². The van der Waals surface area contributed by atoms with Crippen LogP contribution in [0.2, 0.25) is 0 Å². The van der Waals surface area contributed by atoms with E-state index in [0.717, 1.165) is 0 Å². The molecule has 5 nitrogen and oxygen atoms in total. The number of carboxylic acids is 2. The number of carbonyl (C=O) groups is 2. The summed E-state index contributed by atoms with van der Waals surface area (Å²) in [5.41, 5.74) is 0. The molecule has 0 aliphatic carbocycles. The molecule has 0 spiro atoms. The predicted molar refractivity (Wildman–Crippen MR) is 38.8 cm³/mol. The summed E-state index contributed by atoms with van der Waals surface area (Å²) in [6.07, 6.45) is 0. The van der Waals surface area contributed by atoms with Gasteiger partial charge in [0.1, 0.15) is 0 Å². The molecular weight excluding hydrogens is 218 g/mol. The van der Waals surface area contributed by atoms with Crippen LogP contribution in [0, 0.1) is 0 Å². The average Bonchev–Trinajstić information content (AvgIpc) is 1.63. The summed E-state index contributed by atoms with van der Waals surface area (Å²) < 4.78 is 19.9. The van der Waals surface area contributed by atoms with Gasteiger partial charge in [-0.05, 0) is 0 Å². The van der Waals surface area contributed by atoms with Crippen LogP contribution in [0.3, 0.4) is 0 Å². The van der Waals surface area contributed by atoms with Gasteiger partial charge >= 0.3 is 39.6 Å². The van der Waals surface area contributed by atoms with Crippen LogP contribution < -0.4 is 0 Å². The van der Waals surface area contributed by atoms with Crippen molar-refractivity contribution in [2.24, 2.45) is 0 Å². The van der Waals surface area contributed by atoms with Crippen molar-refractivity contribution >= 4 is 39.6 Å². The summed E-state index contributed by atoms with van der Waals surface area (Å²) in [6, 6.07) is 0. The van der Waals surface area contributed by atoms with E-state index >= 15 is 0 Å². The monoisotopic (exact) mass is 224 g/mol. The van der Waals surface area contributed by atoms with E-state index < -0.39 is 20.7 Å². The molecule has 13 heavy (non-hydrogen) atoms. The Labute approximate surface area is 82.7 Å². The molecule has 0 fully saturated rings. The molecule has 78 valence electrons. The third-order valence-electron chi connectivity index (χ3n) is 0.183. The third kappa shape index (κ3) is 81.5. The molecule has 0 saturated carbocycles. The summed E-state index contributed by atoms with van der Waals surface area (Å²) in [4.78, 5) is 25.0. The number of carboxylic acid groups (broad SMARTS) is 2. The molecule has 0 aliphatic heterocycles. The summed E-state index contributed by atoms with van der Waals surface area (Å²) in [5.74, 6) is -3.65. The molecule has 0 heterocycles. The molecule has 0 bridgehead atoms. The van der Waals surface area contributed by atoms with Gasteiger partial charge in [-0.1, -0.05) is 0 Å². The van der Waals surface area contributed by atoms with Crippen molar-refractivity contribution < 1.29 is 42.5 Å². The van der Waals surface area contributed by atoms with Gasteiger partial charge in [-0.25, -0.2) is 9.59 Å². The van der Waals surface area contributed by atoms with E-state index in [1.807, 2.05) is 0 Å². The average molecular weight is 224 g/mol. The van der Waals surface area contributed by atoms with Crippen LogP contribution in [0.1, 0.15) is 0 Å². The zero-order valence-corrected chi connectivity index (χ0v) is 6.07. The van der Waals surface area contributed by atoms with E-state index in [0.29, 0.717) is 0 Å². The summed E-state index contributed by atoms with van der Waals surface area (Å²) in [6.45, 7) is 0. The van der Waals surface area contributed by atoms with Gasteiger partial charge in [-0.15, -0.1) is 0 Å². The summed E-state index contributed by atoms with van der Waals surface area (Å²) in [7, 11) is -3.62. The van der Waals surface area contributed by atoms with Crippen LogP contribution in [0.25, 0.3) is 0 Å². The Balaban J connectivity index is -0.0000000279. The van der Waals surface area contributed by atoms with E-state index in [1.54, 1.807) is 0 Å². The van der Waals surface area contributed by atoms with E-state index in [-0.39, 0.29) is 28.3 Å². The molecule has 0 aliphatic rings. The SMILES string of the molecule is F.F.O=C(O)C(=O)O.OP(F)F.[LiH]. The number of hydrogen-bond acceptors (Lipinski definition) is 3. The minimum atomic E-state index is -3.62. The van der Waals surface area contributed by atoms with E-state index in [9.17, 15) is 8.39 Å². The predicted octanol–water partition coefficient (Wildman–Crippen LogP) is -0.0433. The van der Waals surface area contributed by atoms with Crippen LogP contribution in [-0.2, 0) is 9.59 Å². The second kappa shape index (κ2) is 17.7. The third-order valence-corrected chi connectivity index (χ3v) is 0.183. The first kappa shape index (κ1) is 29.3. The van der Waals surface area contributed by atoms with Crippen molar-refractivity contribution in [1.29, 1.82) is 0 Å². The number of halogens is 4. The van der Waals surface area contributed by atoms with Crippen molar-refractivity contribution in [2.75, 3.05) is 0 Å². The number of hydrogen-bond donors (Lipinski definition) is 3. The number of rotatable bonds is 0. The molecular formula is C2H6F4LiO5P. The molecule has 0 aromatic heterocycles. The maximum atomic E-state index is 9.95. The molecule has 0 aromatic rings. The molecule has 0 aromatic carbocycles. The number of aliphatic carboxylic acids is 2. The van der Waals surface area contributed by atoms with Gasteiger partial charge in [0.05, 0.1) is 0 Å². The molecule has 3 N–H and O–H groups in total. The van der Waals surface area contributed by atoms with E-state index in [2.05, 4.69) is 0 Å². The Morgan fingerprint density at radius 2 is 1.08 bits per heavy atom. The Hall–Kier alpha value is -0.353. The van der Waals surface area contributed by atoms with Gasteiger partial charge in [0.15, 0.2) is 0 Å². The fourth-order valence-electron chi connectivity index (χ4n) is 0. The Morgan fingerprint density at radius 1 is 1.00 bits per heavy atom. The fourth-order valence-corrected chi connectivity index (χ4v) is 0. The van der Waals surface area contributed by atoms with Gasteiger partial charge in [-0.2, -0.15) is 8.39 Å². The van der Waals surface area contributed by atoms with Crippen molar-refractivity contribution in [3.05, 3.63) is 0 Å². The first-order valence-corrected chi connectivity index (χ1v) is 2.72. The fraction of sp³-hybridized carbons (Fsp3) is 0.